The lowest BCUT2D eigenvalue weighted by atomic mass is 9.90. The van der Waals surface area contributed by atoms with Gasteiger partial charge in [-0.15, -0.1) is 0 Å². The summed E-state index contributed by atoms with van der Waals surface area (Å²) in [5.41, 5.74) is 8.43. The molecule has 1 aromatic carbocycles. The van der Waals surface area contributed by atoms with Crippen LogP contribution in [0.25, 0.3) is 0 Å². The fourth-order valence-electron chi connectivity index (χ4n) is 2.72. The van der Waals surface area contributed by atoms with Gasteiger partial charge in [0.15, 0.2) is 11.5 Å². The zero-order chi connectivity index (χ0) is 12.6. The van der Waals surface area contributed by atoms with Crippen molar-refractivity contribution in [3.8, 4) is 11.5 Å². The first-order chi connectivity index (χ1) is 8.80. The molecule has 1 fully saturated rings. The smallest absolute Gasteiger partial charge is 0.165 e. The summed E-state index contributed by atoms with van der Waals surface area (Å²) in [5, 5.41) is 0. The zero-order valence-corrected chi connectivity index (χ0v) is 10.7. The van der Waals surface area contributed by atoms with E-state index in [1.54, 1.807) is 7.11 Å². The van der Waals surface area contributed by atoms with Crippen molar-refractivity contribution in [2.24, 2.45) is 5.73 Å². The molecule has 2 aliphatic rings. The molecule has 0 saturated heterocycles. The molecule has 1 aromatic rings. The number of rotatable bonds is 4. The summed E-state index contributed by atoms with van der Waals surface area (Å²) in [6, 6.07) is 4.04. The molecule has 0 unspecified atom stereocenters. The minimum absolute atomic E-state index is 0.0832. The molecule has 4 nitrogen and oxygen atoms in total. The third-order valence-electron chi connectivity index (χ3n) is 3.87. The summed E-state index contributed by atoms with van der Waals surface area (Å²) in [5.74, 6) is 1.73. The molecule has 0 spiro atoms. The Labute approximate surface area is 107 Å². The SMILES string of the molecule is COCc1ccc2c(c1C1(CN)CC1)OCCO2. The van der Waals surface area contributed by atoms with Crippen molar-refractivity contribution in [2.45, 2.75) is 24.9 Å². The van der Waals surface area contributed by atoms with Gasteiger partial charge in [-0.1, -0.05) is 6.07 Å². The lowest BCUT2D eigenvalue weighted by molar-refractivity contribution is 0.163. The Bertz CT molecular complexity index is 455. The van der Waals surface area contributed by atoms with Crippen LogP contribution in [0.15, 0.2) is 12.1 Å². The summed E-state index contributed by atoms with van der Waals surface area (Å²) in [6.07, 6.45) is 2.25. The van der Waals surface area contributed by atoms with Crippen LogP contribution in [0.5, 0.6) is 11.5 Å². The highest BCUT2D eigenvalue weighted by Gasteiger charge is 2.47. The Kier molecular flexibility index (Phi) is 2.92. The number of fused-ring (bicyclic) bond motifs is 1. The van der Waals surface area contributed by atoms with Crippen LogP contribution in [-0.2, 0) is 16.8 Å². The molecular formula is C14H19NO3. The van der Waals surface area contributed by atoms with Crippen molar-refractivity contribution in [3.63, 3.8) is 0 Å². The summed E-state index contributed by atoms with van der Waals surface area (Å²) in [4.78, 5) is 0. The van der Waals surface area contributed by atoms with Crippen molar-refractivity contribution in [2.75, 3.05) is 26.9 Å². The van der Waals surface area contributed by atoms with E-state index in [0.29, 0.717) is 26.4 Å². The van der Waals surface area contributed by atoms with Crippen LogP contribution in [0.3, 0.4) is 0 Å². The number of hydrogen-bond acceptors (Lipinski definition) is 4. The molecule has 0 atom stereocenters. The standard InChI is InChI=1S/C14H19NO3/c1-16-8-10-2-3-11-13(18-7-6-17-11)12(10)14(9-15)4-5-14/h2-3H,4-9,15H2,1H3. The van der Waals surface area contributed by atoms with E-state index in [-0.39, 0.29) is 5.41 Å². The Morgan fingerprint density at radius 2 is 2.06 bits per heavy atom. The molecule has 18 heavy (non-hydrogen) atoms. The number of methoxy groups -OCH3 is 1. The largest absolute Gasteiger partial charge is 0.486 e. The third kappa shape index (κ3) is 1.76. The van der Waals surface area contributed by atoms with Crippen molar-refractivity contribution < 1.29 is 14.2 Å². The quantitative estimate of drug-likeness (QED) is 0.880. The van der Waals surface area contributed by atoms with Gasteiger partial charge in [-0.05, 0) is 24.5 Å². The number of hydrogen-bond donors (Lipinski definition) is 1. The minimum atomic E-state index is 0.0832. The second kappa shape index (κ2) is 4.44. The summed E-state index contributed by atoms with van der Waals surface area (Å²) >= 11 is 0. The number of ether oxygens (including phenoxy) is 3. The molecule has 0 amide bonds. The molecule has 1 saturated carbocycles. The van der Waals surface area contributed by atoms with Crippen LogP contribution >= 0.6 is 0 Å². The summed E-state index contributed by atoms with van der Waals surface area (Å²) < 4.78 is 16.8. The predicted molar refractivity (Wildman–Crippen MR) is 68.1 cm³/mol. The first-order valence-corrected chi connectivity index (χ1v) is 6.42. The van der Waals surface area contributed by atoms with Crippen molar-refractivity contribution in [1.82, 2.24) is 0 Å². The van der Waals surface area contributed by atoms with Crippen LogP contribution in [-0.4, -0.2) is 26.9 Å². The summed E-state index contributed by atoms with van der Waals surface area (Å²) in [6.45, 7) is 2.47. The number of benzene rings is 1. The topological polar surface area (TPSA) is 53.7 Å². The molecule has 1 aliphatic heterocycles. The van der Waals surface area contributed by atoms with E-state index in [4.69, 9.17) is 19.9 Å². The maximum atomic E-state index is 5.96. The van der Waals surface area contributed by atoms with Crippen molar-refractivity contribution >= 4 is 0 Å². The van der Waals surface area contributed by atoms with Gasteiger partial charge in [0.2, 0.25) is 0 Å². The van der Waals surface area contributed by atoms with E-state index in [9.17, 15) is 0 Å². The van der Waals surface area contributed by atoms with Crippen LogP contribution < -0.4 is 15.2 Å². The fraction of sp³-hybridized carbons (Fsp3) is 0.571. The zero-order valence-electron chi connectivity index (χ0n) is 10.7. The second-order valence-corrected chi connectivity index (χ2v) is 5.04. The Morgan fingerprint density at radius 1 is 1.28 bits per heavy atom. The van der Waals surface area contributed by atoms with Gasteiger partial charge in [-0.2, -0.15) is 0 Å². The van der Waals surface area contributed by atoms with Crippen molar-refractivity contribution in [1.29, 1.82) is 0 Å². The molecule has 0 radical (unpaired) electrons. The van der Waals surface area contributed by atoms with Gasteiger partial charge >= 0.3 is 0 Å². The van der Waals surface area contributed by atoms with Gasteiger partial charge in [-0.25, -0.2) is 0 Å². The molecule has 0 aromatic heterocycles. The van der Waals surface area contributed by atoms with Gasteiger partial charge in [0.25, 0.3) is 0 Å². The van der Waals surface area contributed by atoms with Crippen LogP contribution in [0.2, 0.25) is 0 Å². The van der Waals surface area contributed by atoms with E-state index < -0.39 is 0 Å². The second-order valence-electron chi connectivity index (χ2n) is 5.04. The highest BCUT2D eigenvalue weighted by atomic mass is 16.6. The summed E-state index contributed by atoms with van der Waals surface area (Å²) in [7, 11) is 1.71. The third-order valence-corrected chi connectivity index (χ3v) is 3.87. The Balaban J connectivity index is 2.11. The van der Waals surface area contributed by atoms with Crippen LogP contribution in [0, 0.1) is 0 Å². The average molecular weight is 249 g/mol. The van der Waals surface area contributed by atoms with Gasteiger partial charge in [0.1, 0.15) is 13.2 Å². The van der Waals surface area contributed by atoms with Crippen LogP contribution in [0.4, 0.5) is 0 Å². The highest BCUT2D eigenvalue weighted by Crippen LogP contribution is 2.54. The van der Waals surface area contributed by atoms with Crippen molar-refractivity contribution in [3.05, 3.63) is 23.3 Å². The molecule has 3 rings (SSSR count). The molecule has 98 valence electrons. The predicted octanol–water partition coefficient (Wildman–Crippen LogP) is 1.59. The first kappa shape index (κ1) is 11.8. The average Bonchev–Trinajstić information content (AvgIpc) is 3.20. The molecule has 0 bridgehead atoms. The van der Waals surface area contributed by atoms with E-state index in [0.717, 1.165) is 24.3 Å². The monoisotopic (exact) mass is 249 g/mol. The molecule has 1 aliphatic carbocycles. The van der Waals surface area contributed by atoms with Gasteiger partial charge < -0.3 is 19.9 Å². The van der Waals surface area contributed by atoms with Gasteiger partial charge in [0.05, 0.1) is 6.61 Å². The molecule has 4 heteroatoms. The Hall–Kier alpha value is -1.26. The van der Waals surface area contributed by atoms with E-state index in [2.05, 4.69) is 6.07 Å². The molecule has 1 heterocycles. The lowest BCUT2D eigenvalue weighted by Gasteiger charge is -2.27. The van der Waals surface area contributed by atoms with E-state index >= 15 is 0 Å². The van der Waals surface area contributed by atoms with Crippen LogP contribution in [0.1, 0.15) is 24.0 Å². The Morgan fingerprint density at radius 3 is 2.72 bits per heavy atom. The van der Waals surface area contributed by atoms with E-state index in [1.807, 2.05) is 6.07 Å². The highest BCUT2D eigenvalue weighted by molar-refractivity contribution is 5.57. The maximum Gasteiger partial charge on any atom is 0.165 e. The van der Waals surface area contributed by atoms with Gasteiger partial charge in [-0.3, -0.25) is 0 Å². The first-order valence-electron chi connectivity index (χ1n) is 6.42. The molecular weight excluding hydrogens is 230 g/mol. The maximum absolute atomic E-state index is 5.96. The normalized spacial score (nSPS) is 19.7. The number of nitrogens with two attached hydrogens (primary N) is 1. The lowest BCUT2D eigenvalue weighted by Crippen LogP contribution is -2.25. The van der Waals surface area contributed by atoms with Gasteiger partial charge in [0, 0.05) is 24.6 Å². The van der Waals surface area contributed by atoms with E-state index in [1.165, 1.54) is 11.1 Å². The molecule has 2 N–H and O–H groups in total. The minimum Gasteiger partial charge on any atom is -0.486 e. The fourth-order valence-corrected chi connectivity index (χ4v) is 2.72.